The van der Waals surface area contributed by atoms with E-state index in [0.717, 1.165) is 26.6 Å². The van der Waals surface area contributed by atoms with Crippen molar-refractivity contribution < 1.29 is 4.79 Å². The average Bonchev–Trinajstić information content (AvgIpc) is 2.86. The van der Waals surface area contributed by atoms with E-state index in [4.69, 9.17) is 0 Å². The highest BCUT2D eigenvalue weighted by Gasteiger charge is 2.12. The van der Waals surface area contributed by atoms with Crippen molar-refractivity contribution in [1.29, 1.82) is 0 Å². The molecule has 0 spiro atoms. The third kappa shape index (κ3) is 2.34. The maximum absolute atomic E-state index is 12.4. The quantitative estimate of drug-likeness (QED) is 0.715. The molecule has 0 radical (unpaired) electrons. The highest BCUT2D eigenvalue weighted by Crippen LogP contribution is 2.23. The number of halogens is 1. The molecule has 0 saturated carbocycles. The second-order valence-electron chi connectivity index (χ2n) is 4.66. The summed E-state index contributed by atoms with van der Waals surface area (Å²) >= 11 is 3.42. The summed E-state index contributed by atoms with van der Waals surface area (Å²) in [4.78, 5) is 15.5. The molecule has 3 aromatic rings. The second-order valence-corrected chi connectivity index (χ2v) is 5.58. The topological polar surface area (TPSA) is 44.9 Å². The molecule has 20 heavy (non-hydrogen) atoms. The van der Waals surface area contributed by atoms with Crippen molar-refractivity contribution in [2.45, 2.75) is 6.92 Å². The van der Waals surface area contributed by atoms with E-state index in [2.05, 4.69) is 26.2 Å². The van der Waals surface area contributed by atoms with Crippen LogP contribution in [0, 0.1) is 6.92 Å². The molecule has 0 aliphatic rings. The Hall–Kier alpha value is -2.07. The van der Waals surface area contributed by atoms with Crippen LogP contribution >= 0.6 is 15.9 Å². The highest BCUT2D eigenvalue weighted by atomic mass is 79.9. The summed E-state index contributed by atoms with van der Waals surface area (Å²) in [5, 5.41) is 3.88. The number of hydrogen-bond donors (Lipinski definition) is 2. The molecule has 0 bridgehead atoms. The Labute approximate surface area is 125 Å². The van der Waals surface area contributed by atoms with Crippen LogP contribution in [0.5, 0.6) is 0 Å². The summed E-state index contributed by atoms with van der Waals surface area (Å²) in [5.74, 6) is -0.104. The van der Waals surface area contributed by atoms with E-state index in [1.807, 2.05) is 49.4 Å². The van der Waals surface area contributed by atoms with Crippen LogP contribution in [0.3, 0.4) is 0 Å². The predicted octanol–water partition coefficient (Wildman–Crippen LogP) is 4.49. The van der Waals surface area contributed by atoms with Crippen LogP contribution in [0.1, 0.15) is 15.9 Å². The molecule has 0 aliphatic heterocycles. The lowest BCUT2D eigenvalue weighted by Gasteiger charge is -2.08. The number of amides is 1. The number of aromatic amines is 1. The molecular formula is C16H13BrN2O. The van der Waals surface area contributed by atoms with Gasteiger partial charge < -0.3 is 10.3 Å². The first-order chi connectivity index (χ1) is 9.65. The van der Waals surface area contributed by atoms with Gasteiger partial charge in [0.15, 0.2) is 0 Å². The van der Waals surface area contributed by atoms with Crippen LogP contribution in [0.15, 0.2) is 53.1 Å². The van der Waals surface area contributed by atoms with E-state index in [1.165, 1.54) is 0 Å². The number of anilines is 1. The summed E-state index contributed by atoms with van der Waals surface area (Å²) in [7, 11) is 0. The Morgan fingerprint density at radius 3 is 2.80 bits per heavy atom. The van der Waals surface area contributed by atoms with Crippen molar-refractivity contribution in [3.8, 4) is 0 Å². The first-order valence-corrected chi connectivity index (χ1v) is 7.08. The van der Waals surface area contributed by atoms with Gasteiger partial charge in [-0.25, -0.2) is 0 Å². The van der Waals surface area contributed by atoms with Crippen molar-refractivity contribution in [3.05, 3.63) is 64.3 Å². The van der Waals surface area contributed by atoms with Crippen LogP contribution in [0.25, 0.3) is 10.9 Å². The predicted molar refractivity (Wildman–Crippen MR) is 85.1 cm³/mol. The van der Waals surface area contributed by atoms with Gasteiger partial charge in [-0.1, -0.05) is 34.1 Å². The van der Waals surface area contributed by atoms with Crippen LogP contribution in [0.4, 0.5) is 5.69 Å². The van der Waals surface area contributed by atoms with Gasteiger partial charge in [0.05, 0.1) is 5.56 Å². The summed E-state index contributed by atoms with van der Waals surface area (Å²) in [6.45, 7) is 1.97. The largest absolute Gasteiger partial charge is 0.360 e. The minimum atomic E-state index is -0.104. The number of carbonyl (C=O) groups excluding carboxylic acids is 1. The maximum Gasteiger partial charge on any atom is 0.257 e. The van der Waals surface area contributed by atoms with E-state index in [-0.39, 0.29) is 5.91 Å². The number of benzene rings is 2. The van der Waals surface area contributed by atoms with Gasteiger partial charge in [-0.05, 0) is 36.8 Å². The zero-order valence-electron chi connectivity index (χ0n) is 10.9. The molecule has 0 aliphatic carbocycles. The van der Waals surface area contributed by atoms with E-state index in [0.29, 0.717) is 5.56 Å². The minimum absolute atomic E-state index is 0.104. The number of nitrogens with one attached hydrogen (secondary N) is 2. The SMILES string of the molecule is Cc1cc(Br)ccc1NC(=O)c1c[nH]c2ccccc12. The number of aromatic nitrogens is 1. The van der Waals surface area contributed by atoms with Gasteiger partial charge in [0.25, 0.3) is 5.91 Å². The fraction of sp³-hybridized carbons (Fsp3) is 0.0625. The molecule has 100 valence electrons. The Morgan fingerprint density at radius 1 is 1.20 bits per heavy atom. The lowest BCUT2D eigenvalue weighted by atomic mass is 10.1. The molecular weight excluding hydrogens is 316 g/mol. The second kappa shape index (κ2) is 5.13. The minimum Gasteiger partial charge on any atom is -0.360 e. The van der Waals surface area contributed by atoms with Gasteiger partial charge >= 0.3 is 0 Å². The van der Waals surface area contributed by atoms with Crippen molar-refractivity contribution >= 4 is 38.4 Å². The molecule has 0 atom stereocenters. The van der Waals surface area contributed by atoms with E-state index in [9.17, 15) is 4.79 Å². The zero-order valence-corrected chi connectivity index (χ0v) is 12.5. The third-order valence-corrected chi connectivity index (χ3v) is 3.76. The first-order valence-electron chi connectivity index (χ1n) is 6.29. The molecule has 0 unspecified atom stereocenters. The number of carbonyl (C=O) groups is 1. The van der Waals surface area contributed by atoms with Gasteiger partial charge in [-0.3, -0.25) is 4.79 Å². The highest BCUT2D eigenvalue weighted by molar-refractivity contribution is 9.10. The molecule has 3 nitrogen and oxygen atoms in total. The molecule has 0 fully saturated rings. The normalized spacial score (nSPS) is 10.7. The molecule has 1 amide bonds. The standard InChI is InChI=1S/C16H13BrN2O/c1-10-8-11(17)6-7-14(10)19-16(20)13-9-18-15-5-3-2-4-12(13)15/h2-9,18H,1H3,(H,19,20). The molecule has 0 saturated heterocycles. The first kappa shape index (κ1) is 12.9. The third-order valence-electron chi connectivity index (χ3n) is 3.27. The molecule has 3 rings (SSSR count). The monoisotopic (exact) mass is 328 g/mol. The Morgan fingerprint density at radius 2 is 2.00 bits per heavy atom. The van der Waals surface area contributed by atoms with Gasteiger partial charge in [0.2, 0.25) is 0 Å². The van der Waals surface area contributed by atoms with Crippen LogP contribution in [-0.4, -0.2) is 10.9 Å². The van der Waals surface area contributed by atoms with Crippen LogP contribution < -0.4 is 5.32 Å². The fourth-order valence-corrected chi connectivity index (χ4v) is 2.69. The van der Waals surface area contributed by atoms with Crippen LogP contribution in [-0.2, 0) is 0 Å². The Kier molecular flexibility index (Phi) is 3.32. The number of para-hydroxylation sites is 1. The summed E-state index contributed by atoms with van der Waals surface area (Å²) in [5.41, 5.74) is 3.46. The van der Waals surface area contributed by atoms with Gasteiger partial charge in [0.1, 0.15) is 0 Å². The average molecular weight is 329 g/mol. The molecule has 2 N–H and O–H groups in total. The summed E-state index contributed by atoms with van der Waals surface area (Å²) in [6, 6.07) is 13.6. The van der Waals surface area contributed by atoms with Crippen molar-refractivity contribution in [2.24, 2.45) is 0 Å². The summed E-state index contributed by atoms with van der Waals surface area (Å²) in [6.07, 6.45) is 1.74. The van der Waals surface area contributed by atoms with Crippen molar-refractivity contribution in [3.63, 3.8) is 0 Å². The number of rotatable bonds is 2. The maximum atomic E-state index is 12.4. The number of hydrogen-bond acceptors (Lipinski definition) is 1. The number of fused-ring (bicyclic) bond motifs is 1. The molecule has 1 aromatic heterocycles. The van der Waals surface area contributed by atoms with Crippen molar-refractivity contribution in [2.75, 3.05) is 5.32 Å². The lowest BCUT2D eigenvalue weighted by Crippen LogP contribution is -2.12. The van der Waals surface area contributed by atoms with Gasteiger partial charge in [-0.15, -0.1) is 0 Å². The van der Waals surface area contributed by atoms with E-state index < -0.39 is 0 Å². The fourth-order valence-electron chi connectivity index (χ4n) is 2.22. The number of H-pyrrole nitrogens is 1. The van der Waals surface area contributed by atoms with E-state index >= 15 is 0 Å². The van der Waals surface area contributed by atoms with Gasteiger partial charge in [-0.2, -0.15) is 0 Å². The zero-order chi connectivity index (χ0) is 14.1. The Bertz CT molecular complexity index is 792. The van der Waals surface area contributed by atoms with Crippen LogP contribution in [0.2, 0.25) is 0 Å². The Balaban J connectivity index is 1.93. The molecule has 2 aromatic carbocycles. The molecule has 1 heterocycles. The summed E-state index contributed by atoms with van der Waals surface area (Å²) < 4.78 is 1.00. The number of aryl methyl sites for hydroxylation is 1. The van der Waals surface area contributed by atoms with E-state index in [1.54, 1.807) is 6.20 Å². The molecule has 4 heteroatoms. The lowest BCUT2D eigenvalue weighted by molar-refractivity contribution is 0.102. The smallest absolute Gasteiger partial charge is 0.257 e. The van der Waals surface area contributed by atoms with Crippen molar-refractivity contribution in [1.82, 2.24) is 4.98 Å². The van der Waals surface area contributed by atoms with Gasteiger partial charge in [0, 0.05) is 27.3 Å².